The third-order valence-corrected chi connectivity index (χ3v) is 5.05. The van der Waals surface area contributed by atoms with Crippen molar-refractivity contribution < 1.29 is 4.43 Å². The molecule has 0 N–H and O–H groups in total. The standard InChI is InChI=1S/C9H13OSi.BrH.Mg/c1-11(2,3)10-9-7-5-4-6-8-9;;/h4-7H,1-3H3;1H;/q;;+1/p-1. The van der Waals surface area contributed by atoms with Gasteiger partial charge >= 0.3 is 18.2 Å². The quantitative estimate of drug-likeness (QED) is 0.766. The fourth-order valence-corrected chi connectivity index (χ4v) is 3.98. The van der Waals surface area contributed by atoms with Gasteiger partial charge in [0, 0.05) is 0 Å². The summed E-state index contributed by atoms with van der Waals surface area (Å²) in [5, 5.41) is 0. The van der Waals surface area contributed by atoms with Gasteiger partial charge in [-0.2, -0.15) is 0 Å². The lowest BCUT2D eigenvalue weighted by Crippen LogP contribution is -2.32. The maximum absolute atomic E-state index is 5.97. The zero-order valence-corrected chi connectivity index (χ0v) is 12.3. The molecule has 0 aromatic heterocycles. The van der Waals surface area contributed by atoms with Crippen molar-refractivity contribution >= 4 is 43.1 Å². The van der Waals surface area contributed by atoms with Crippen LogP contribution in [0.3, 0.4) is 0 Å². The van der Waals surface area contributed by atoms with Gasteiger partial charge in [-0.05, 0) is 25.7 Å². The van der Waals surface area contributed by atoms with Crippen LogP contribution in [0, 0.1) is 0 Å². The van der Waals surface area contributed by atoms with Crippen LogP contribution in [0.1, 0.15) is 0 Å². The van der Waals surface area contributed by atoms with E-state index in [1.165, 1.54) is 3.69 Å². The summed E-state index contributed by atoms with van der Waals surface area (Å²) in [6, 6.07) is 8.33. The van der Waals surface area contributed by atoms with Crippen LogP contribution in [0.4, 0.5) is 0 Å². The van der Waals surface area contributed by atoms with Gasteiger partial charge in [0.05, 0.1) is 5.75 Å². The van der Waals surface area contributed by atoms with Crippen LogP contribution in [-0.2, 0) is 0 Å². The second-order valence-corrected chi connectivity index (χ2v) is 11.1. The molecule has 4 heteroatoms. The zero-order chi connectivity index (χ0) is 9.90. The van der Waals surface area contributed by atoms with E-state index in [1.54, 1.807) is 0 Å². The first kappa shape index (κ1) is 11.6. The Kier molecular flexibility index (Phi) is 4.28. The van der Waals surface area contributed by atoms with Gasteiger partial charge in [0.25, 0.3) is 0 Å². The van der Waals surface area contributed by atoms with E-state index in [0.717, 1.165) is 5.75 Å². The Balaban J connectivity index is 2.87. The minimum atomic E-state index is -1.44. The second kappa shape index (κ2) is 4.82. The molecule has 0 radical (unpaired) electrons. The van der Waals surface area contributed by atoms with Crippen molar-refractivity contribution in [1.82, 2.24) is 0 Å². The summed E-state index contributed by atoms with van der Waals surface area (Å²) in [4.78, 5) is 0. The maximum Gasteiger partial charge on any atom is 0.512 e. The average molecular weight is 269 g/mol. The highest BCUT2D eigenvalue weighted by Crippen LogP contribution is 2.13. The Hall–Kier alpha value is 0.483. The van der Waals surface area contributed by atoms with Crippen LogP contribution in [0.5, 0.6) is 5.75 Å². The van der Waals surface area contributed by atoms with E-state index < -0.39 is 8.32 Å². The van der Waals surface area contributed by atoms with Gasteiger partial charge in [-0.25, -0.2) is 0 Å². The molecule has 0 saturated carbocycles. The summed E-state index contributed by atoms with van der Waals surface area (Å²) >= 11 is 3.29. The smallest absolute Gasteiger partial charge is 0.512 e. The highest BCUT2D eigenvalue weighted by atomic mass is 79.9. The molecule has 0 aliphatic carbocycles. The summed E-state index contributed by atoms with van der Waals surface area (Å²) < 4.78 is 7.33. The average Bonchev–Trinajstić information content (AvgIpc) is 2.02. The molecule has 13 heavy (non-hydrogen) atoms. The molecule has 1 nitrogen and oxygen atoms in total. The highest BCUT2D eigenvalue weighted by Gasteiger charge is 2.17. The number of rotatable bonds is 3. The van der Waals surface area contributed by atoms with Crippen LogP contribution >= 0.6 is 12.9 Å². The molecular weight excluding hydrogens is 256 g/mol. The molecular formula is C9H13BrMgOSi. The first-order valence-corrected chi connectivity index (χ1v) is 12.4. The minimum absolute atomic E-state index is 0.297. The Labute approximate surface area is 96.6 Å². The van der Waals surface area contributed by atoms with Crippen molar-refractivity contribution in [3.63, 3.8) is 0 Å². The topological polar surface area (TPSA) is 9.23 Å². The van der Waals surface area contributed by atoms with E-state index in [-0.39, 0.29) is 18.2 Å². The SMILES string of the molecule is C[Si](C)(C)Oc1cccc[c]1[Mg][Br]. The second-order valence-electron chi connectivity index (χ2n) is 3.96. The fourth-order valence-electron chi connectivity index (χ4n) is 1.04. The predicted octanol–water partition coefficient (Wildman–Crippen LogP) is 2.54. The lowest BCUT2D eigenvalue weighted by Gasteiger charge is -2.21. The minimum Gasteiger partial charge on any atom is -0.546 e. The molecule has 68 valence electrons. The first-order chi connectivity index (χ1) is 6.03. The normalized spacial score (nSPS) is 10.8. The molecule has 1 aromatic rings. The van der Waals surface area contributed by atoms with Crippen LogP contribution in [-0.4, -0.2) is 26.5 Å². The molecule has 1 aromatic carbocycles. The Morgan fingerprint density at radius 1 is 1.23 bits per heavy atom. The Morgan fingerprint density at radius 3 is 2.38 bits per heavy atom. The van der Waals surface area contributed by atoms with E-state index in [0.29, 0.717) is 0 Å². The van der Waals surface area contributed by atoms with Gasteiger partial charge in [0.1, 0.15) is 0 Å². The molecule has 0 atom stereocenters. The summed E-state index contributed by atoms with van der Waals surface area (Å²) in [5.74, 6) is 1.09. The number of hydrogen-bond donors (Lipinski definition) is 0. The number of halogens is 1. The largest absolute Gasteiger partial charge is 0.546 e. The maximum atomic E-state index is 5.97. The van der Waals surface area contributed by atoms with Crippen molar-refractivity contribution in [3.05, 3.63) is 24.3 Å². The Bertz CT molecular complexity index is 285. The summed E-state index contributed by atoms with van der Waals surface area (Å²) in [6.07, 6.45) is 0. The lowest BCUT2D eigenvalue weighted by atomic mass is 10.3. The van der Waals surface area contributed by atoms with E-state index in [4.69, 9.17) is 4.43 Å². The fraction of sp³-hybridized carbons (Fsp3) is 0.333. The molecule has 0 spiro atoms. The van der Waals surface area contributed by atoms with E-state index >= 15 is 0 Å². The number of para-hydroxylation sites is 1. The molecule has 0 saturated heterocycles. The van der Waals surface area contributed by atoms with Gasteiger partial charge in [-0.3, -0.25) is 12.9 Å². The van der Waals surface area contributed by atoms with Gasteiger partial charge in [-0.1, -0.05) is 18.2 Å². The van der Waals surface area contributed by atoms with Gasteiger partial charge in [0.2, 0.25) is 8.32 Å². The van der Waals surface area contributed by atoms with Crippen molar-refractivity contribution in [2.75, 3.05) is 0 Å². The molecule has 0 aliphatic rings. The van der Waals surface area contributed by atoms with Crippen LogP contribution in [0.2, 0.25) is 19.6 Å². The lowest BCUT2D eigenvalue weighted by molar-refractivity contribution is 0.562. The number of hydrogen-bond acceptors (Lipinski definition) is 1. The van der Waals surface area contributed by atoms with E-state index in [2.05, 4.69) is 50.7 Å². The highest BCUT2D eigenvalue weighted by molar-refractivity contribution is 9.23. The summed E-state index contributed by atoms with van der Waals surface area (Å²) in [7, 11) is -1.44. The van der Waals surface area contributed by atoms with Crippen molar-refractivity contribution in [3.8, 4) is 5.75 Å². The van der Waals surface area contributed by atoms with E-state index in [1.807, 2.05) is 6.07 Å². The van der Waals surface area contributed by atoms with Crippen LogP contribution in [0.25, 0.3) is 0 Å². The van der Waals surface area contributed by atoms with Crippen molar-refractivity contribution in [2.24, 2.45) is 0 Å². The van der Waals surface area contributed by atoms with Crippen molar-refractivity contribution in [2.45, 2.75) is 19.6 Å². The third kappa shape index (κ3) is 4.02. The summed E-state index contributed by atoms with van der Waals surface area (Å²) in [5.41, 5.74) is 0. The first-order valence-electron chi connectivity index (χ1n) is 4.36. The van der Waals surface area contributed by atoms with Gasteiger partial charge in [-0.15, -0.1) is 3.69 Å². The predicted molar refractivity (Wildman–Crippen MR) is 64.7 cm³/mol. The molecule has 0 amide bonds. The molecule has 1 rings (SSSR count). The van der Waals surface area contributed by atoms with E-state index in [9.17, 15) is 0 Å². The zero-order valence-electron chi connectivity index (χ0n) is 8.30. The van der Waals surface area contributed by atoms with Crippen LogP contribution in [0.15, 0.2) is 24.3 Å². The van der Waals surface area contributed by atoms with Gasteiger partial charge < -0.3 is 4.43 Å². The molecule has 0 fully saturated rings. The van der Waals surface area contributed by atoms with Crippen LogP contribution < -0.4 is 8.12 Å². The monoisotopic (exact) mass is 268 g/mol. The third-order valence-electron chi connectivity index (χ3n) is 1.53. The van der Waals surface area contributed by atoms with Crippen molar-refractivity contribution in [1.29, 1.82) is 0 Å². The molecule has 0 bridgehead atoms. The van der Waals surface area contributed by atoms with Gasteiger partial charge in [0.15, 0.2) is 0 Å². The molecule has 0 unspecified atom stereocenters. The number of benzene rings is 1. The molecule has 0 heterocycles. The summed E-state index contributed by atoms with van der Waals surface area (Å²) in [6.45, 7) is 6.62. The molecule has 0 aliphatic heterocycles. The Morgan fingerprint density at radius 2 is 1.85 bits per heavy atom.